The van der Waals surface area contributed by atoms with E-state index in [4.69, 9.17) is 4.74 Å². The normalized spacial score (nSPS) is 16.1. The molecular weight excluding hydrogens is 356 g/mol. The molecule has 1 N–H and O–H groups in total. The van der Waals surface area contributed by atoms with Crippen LogP contribution in [0.25, 0.3) is 0 Å². The van der Waals surface area contributed by atoms with E-state index in [1.165, 1.54) is 6.92 Å². The summed E-state index contributed by atoms with van der Waals surface area (Å²) in [6.45, 7) is 2.33. The second-order valence-corrected chi connectivity index (χ2v) is 6.86. The first kappa shape index (κ1) is 19.6. The van der Waals surface area contributed by atoms with Gasteiger partial charge in [0.15, 0.2) is 5.78 Å². The summed E-state index contributed by atoms with van der Waals surface area (Å²) in [5.41, 5.74) is 2.33. The van der Waals surface area contributed by atoms with Crippen molar-refractivity contribution in [2.24, 2.45) is 5.92 Å². The molecule has 2 aromatic carbocycles. The van der Waals surface area contributed by atoms with Gasteiger partial charge in [0, 0.05) is 30.8 Å². The molecule has 1 unspecified atom stereocenters. The minimum Gasteiger partial charge on any atom is -0.496 e. The zero-order chi connectivity index (χ0) is 20.1. The molecule has 0 bridgehead atoms. The Labute approximate surface area is 164 Å². The summed E-state index contributed by atoms with van der Waals surface area (Å²) in [5.74, 6) is 0.198. The van der Waals surface area contributed by atoms with Crippen LogP contribution in [0.2, 0.25) is 0 Å². The van der Waals surface area contributed by atoms with Gasteiger partial charge in [0.05, 0.1) is 13.0 Å². The van der Waals surface area contributed by atoms with Crippen molar-refractivity contribution in [2.45, 2.75) is 19.8 Å². The number of Topliss-reactive ketones (excluding diaryl/α,β-unsaturated/α-hetero) is 1. The van der Waals surface area contributed by atoms with Crippen molar-refractivity contribution in [3.63, 3.8) is 0 Å². The van der Waals surface area contributed by atoms with Crippen LogP contribution in [0.1, 0.15) is 29.3 Å². The Bertz CT molecular complexity index is 876. The summed E-state index contributed by atoms with van der Waals surface area (Å²) in [6.07, 6.45) is 0.849. The van der Waals surface area contributed by atoms with E-state index in [-0.39, 0.29) is 29.9 Å². The zero-order valence-electron chi connectivity index (χ0n) is 16.1. The average molecular weight is 380 g/mol. The average Bonchev–Trinajstić information content (AvgIpc) is 3.10. The molecule has 6 nitrogen and oxygen atoms in total. The summed E-state index contributed by atoms with van der Waals surface area (Å²) in [4.78, 5) is 37.8. The van der Waals surface area contributed by atoms with Gasteiger partial charge in [-0.1, -0.05) is 18.2 Å². The van der Waals surface area contributed by atoms with Crippen molar-refractivity contribution < 1.29 is 19.1 Å². The molecule has 0 radical (unpaired) electrons. The SMILES string of the molecule is COc1ccccc1CCNC(=O)C1CC(=O)N(c2ccc(C(C)=O)cc2)C1. The molecule has 1 saturated heterocycles. The van der Waals surface area contributed by atoms with Gasteiger partial charge < -0.3 is 15.0 Å². The number of benzene rings is 2. The van der Waals surface area contributed by atoms with E-state index >= 15 is 0 Å². The Morgan fingerprint density at radius 1 is 1.14 bits per heavy atom. The highest BCUT2D eigenvalue weighted by Gasteiger charge is 2.34. The van der Waals surface area contributed by atoms with Crippen LogP contribution in [0, 0.1) is 5.92 Å². The summed E-state index contributed by atoms with van der Waals surface area (Å²) in [5, 5.41) is 2.92. The summed E-state index contributed by atoms with van der Waals surface area (Å²) >= 11 is 0. The quantitative estimate of drug-likeness (QED) is 0.749. The number of amides is 2. The summed E-state index contributed by atoms with van der Waals surface area (Å²) in [7, 11) is 1.62. The largest absolute Gasteiger partial charge is 0.496 e. The molecule has 0 aliphatic carbocycles. The third kappa shape index (κ3) is 4.39. The van der Waals surface area contributed by atoms with Crippen LogP contribution >= 0.6 is 0 Å². The first-order valence-electron chi connectivity index (χ1n) is 9.30. The molecule has 0 saturated carbocycles. The van der Waals surface area contributed by atoms with E-state index in [1.807, 2.05) is 24.3 Å². The lowest BCUT2D eigenvalue weighted by Gasteiger charge is -2.17. The Morgan fingerprint density at radius 2 is 1.86 bits per heavy atom. The van der Waals surface area contributed by atoms with Gasteiger partial charge in [0.25, 0.3) is 0 Å². The Kier molecular flexibility index (Phi) is 6.09. The first-order chi connectivity index (χ1) is 13.5. The van der Waals surface area contributed by atoms with E-state index in [2.05, 4.69) is 5.32 Å². The molecule has 146 valence electrons. The molecule has 1 fully saturated rings. The lowest BCUT2D eigenvalue weighted by atomic mass is 10.1. The molecule has 1 aliphatic rings. The third-order valence-electron chi connectivity index (χ3n) is 4.97. The second-order valence-electron chi connectivity index (χ2n) is 6.86. The lowest BCUT2D eigenvalue weighted by molar-refractivity contribution is -0.126. The molecule has 1 heterocycles. The van der Waals surface area contributed by atoms with E-state index in [0.29, 0.717) is 30.8 Å². The molecule has 6 heteroatoms. The fraction of sp³-hybridized carbons (Fsp3) is 0.318. The van der Waals surface area contributed by atoms with Crippen molar-refractivity contribution in [1.82, 2.24) is 5.32 Å². The van der Waals surface area contributed by atoms with Gasteiger partial charge in [-0.25, -0.2) is 0 Å². The van der Waals surface area contributed by atoms with Crippen LogP contribution in [0.3, 0.4) is 0 Å². The number of carbonyl (C=O) groups is 3. The number of ketones is 1. The molecule has 2 aromatic rings. The molecule has 0 spiro atoms. The maximum atomic E-state index is 12.5. The fourth-order valence-corrected chi connectivity index (χ4v) is 3.38. The number of para-hydroxylation sites is 1. The first-order valence-corrected chi connectivity index (χ1v) is 9.30. The molecule has 2 amide bonds. The number of nitrogens with one attached hydrogen (secondary N) is 1. The number of hydrogen-bond donors (Lipinski definition) is 1. The maximum absolute atomic E-state index is 12.5. The monoisotopic (exact) mass is 380 g/mol. The molecular formula is C22H24N2O4. The van der Waals surface area contributed by atoms with E-state index in [0.717, 1.165) is 11.3 Å². The fourth-order valence-electron chi connectivity index (χ4n) is 3.38. The predicted octanol–water partition coefficient (Wildman–Crippen LogP) is 2.61. The molecule has 0 aromatic heterocycles. The van der Waals surface area contributed by atoms with Crippen LogP contribution in [0.5, 0.6) is 5.75 Å². The predicted molar refractivity (Wildman–Crippen MR) is 107 cm³/mol. The van der Waals surface area contributed by atoms with Crippen LogP contribution in [0.15, 0.2) is 48.5 Å². The zero-order valence-corrected chi connectivity index (χ0v) is 16.1. The van der Waals surface area contributed by atoms with Crippen LogP contribution in [-0.4, -0.2) is 37.8 Å². The van der Waals surface area contributed by atoms with E-state index in [9.17, 15) is 14.4 Å². The van der Waals surface area contributed by atoms with Gasteiger partial charge >= 0.3 is 0 Å². The Morgan fingerprint density at radius 3 is 2.54 bits per heavy atom. The highest BCUT2D eigenvalue weighted by Crippen LogP contribution is 2.25. The lowest BCUT2D eigenvalue weighted by Crippen LogP contribution is -2.34. The molecule has 3 rings (SSSR count). The second kappa shape index (κ2) is 8.69. The number of ether oxygens (including phenoxy) is 1. The van der Waals surface area contributed by atoms with Crippen LogP contribution < -0.4 is 15.0 Å². The van der Waals surface area contributed by atoms with Gasteiger partial charge in [0.2, 0.25) is 11.8 Å². The van der Waals surface area contributed by atoms with E-state index in [1.54, 1.807) is 36.3 Å². The number of anilines is 1. The molecule has 28 heavy (non-hydrogen) atoms. The number of methoxy groups -OCH3 is 1. The third-order valence-corrected chi connectivity index (χ3v) is 4.97. The minimum absolute atomic E-state index is 0.0217. The van der Waals surface area contributed by atoms with Crippen molar-refractivity contribution in [3.8, 4) is 5.75 Å². The minimum atomic E-state index is -0.377. The standard InChI is InChI=1S/C22H24N2O4/c1-15(25)16-7-9-19(10-8-16)24-14-18(13-21(24)26)22(27)23-12-11-17-5-3-4-6-20(17)28-2/h3-10,18H,11-14H2,1-2H3,(H,23,27). The number of carbonyl (C=O) groups excluding carboxylic acids is 3. The van der Waals surface area contributed by atoms with Gasteiger partial charge in [-0.2, -0.15) is 0 Å². The highest BCUT2D eigenvalue weighted by atomic mass is 16.5. The summed E-state index contributed by atoms with van der Waals surface area (Å²) in [6, 6.07) is 14.6. The van der Waals surface area contributed by atoms with Crippen LogP contribution in [0.4, 0.5) is 5.69 Å². The van der Waals surface area contributed by atoms with Crippen molar-refractivity contribution >= 4 is 23.3 Å². The maximum Gasteiger partial charge on any atom is 0.227 e. The van der Waals surface area contributed by atoms with Crippen LogP contribution in [-0.2, 0) is 16.0 Å². The Hall–Kier alpha value is -3.15. The summed E-state index contributed by atoms with van der Waals surface area (Å²) < 4.78 is 5.32. The van der Waals surface area contributed by atoms with Crippen molar-refractivity contribution in [1.29, 1.82) is 0 Å². The molecule has 1 atom stereocenters. The Balaban J connectivity index is 1.55. The van der Waals surface area contributed by atoms with Gasteiger partial charge in [-0.05, 0) is 49.2 Å². The van der Waals surface area contributed by atoms with Crippen molar-refractivity contribution in [3.05, 3.63) is 59.7 Å². The van der Waals surface area contributed by atoms with E-state index < -0.39 is 0 Å². The topological polar surface area (TPSA) is 75.7 Å². The van der Waals surface area contributed by atoms with Crippen molar-refractivity contribution in [2.75, 3.05) is 25.1 Å². The number of rotatable bonds is 7. The highest BCUT2D eigenvalue weighted by molar-refractivity contribution is 6.01. The number of hydrogen-bond acceptors (Lipinski definition) is 4. The van der Waals surface area contributed by atoms with Gasteiger partial charge in [-0.3, -0.25) is 14.4 Å². The number of nitrogens with zero attached hydrogens (tertiary/aromatic N) is 1. The molecule has 1 aliphatic heterocycles. The van der Waals surface area contributed by atoms with Gasteiger partial charge in [-0.15, -0.1) is 0 Å². The smallest absolute Gasteiger partial charge is 0.227 e. The van der Waals surface area contributed by atoms with Gasteiger partial charge in [0.1, 0.15) is 5.75 Å².